The third-order valence-electron chi connectivity index (χ3n) is 3.21. The average molecular weight is 334 g/mol. The molecule has 0 radical (unpaired) electrons. The van der Waals surface area contributed by atoms with E-state index < -0.39 is 11.6 Å². The Morgan fingerprint density at radius 2 is 1.80 bits per heavy atom. The Morgan fingerprint density at radius 1 is 1.00 bits per heavy atom. The Morgan fingerprint density at radius 3 is 2.55 bits per heavy atom. The van der Waals surface area contributed by atoms with Crippen LogP contribution in [0, 0.1) is 11.6 Å². The third-order valence-corrected chi connectivity index (χ3v) is 3.74. The molecule has 20 heavy (non-hydrogen) atoms. The highest BCUT2D eigenvalue weighted by Gasteiger charge is 2.12. The van der Waals surface area contributed by atoms with Crippen LogP contribution in [0.15, 0.2) is 48.7 Å². The average Bonchev–Trinajstić information content (AvgIpc) is 2.49. The Hall–Kier alpha value is -1.81. The summed E-state index contributed by atoms with van der Waals surface area (Å²) in [5.74, 6) is -1.70. The number of rotatable bonds is 2. The van der Waals surface area contributed by atoms with E-state index in [4.69, 9.17) is 0 Å². The molecule has 2 aromatic carbocycles. The van der Waals surface area contributed by atoms with Gasteiger partial charge in [0.2, 0.25) is 0 Å². The van der Waals surface area contributed by atoms with Crippen molar-refractivity contribution in [1.82, 2.24) is 4.98 Å². The zero-order valence-electron chi connectivity index (χ0n) is 10.4. The molecule has 0 bridgehead atoms. The molecule has 1 heterocycles. The van der Waals surface area contributed by atoms with E-state index in [9.17, 15) is 8.78 Å². The summed E-state index contributed by atoms with van der Waals surface area (Å²) < 4.78 is 26.6. The van der Waals surface area contributed by atoms with Gasteiger partial charge in [0.05, 0.1) is 5.69 Å². The zero-order valence-corrected chi connectivity index (χ0v) is 12.0. The SMILES string of the molecule is Fc1ccc(-c2c(CBr)ncc3ccccc23)cc1F. The summed E-state index contributed by atoms with van der Waals surface area (Å²) in [6, 6.07) is 11.7. The monoisotopic (exact) mass is 333 g/mol. The quantitative estimate of drug-likeness (QED) is 0.596. The fourth-order valence-corrected chi connectivity index (χ4v) is 2.70. The Labute approximate surface area is 123 Å². The van der Waals surface area contributed by atoms with Gasteiger partial charge in [-0.15, -0.1) is 0 Å². The van der Waals surface area contributed by atoms with Crippen LogP contribution in [-0.4, -0.2) is 4.98 Å². The van der Waals surface area contributed by atoms with Gasteiger partial charge in [-0.2, -0.15) is 0 Å². The van der Waals surface area contributed by atoms with Crippen LogP contribution in [0.2, 0.25) is 0 Å². The zero-order chi connectivity index (χ0) is 14.1. The molecule has 0 saturated heterocycles. The number of hydrogen-bond acceptors (Lipinski definition) is 1. The van der Waals surface area contributed by atoms with Gasteiger partial charge in [-0.1, -0.05) is 46.3 Å². The van der Waals surface area contributed by atoms with Crippen molar-refractivity contribution in [2.24, 2.45) is 0 Å². The Kier molecular flexibility index (Phi) is 3.49. The molecule has 3 rings (SSSR count). The summed E-state index contributed by atoms with van der Waals surface area (Å²) in [4.78, 5) is 4.39. The summed E-state index contributed by atoms with van der Waals surface area (Å²) in [6.45, 7) is 0. The van der Waals surface area contributed by atoms with Crippen molar-refractivity contribution < 1.29 is 8.78 Å². The first kappa shape index (κ1) is 13.2. The first-order chi connectivity index (χ1) is 9.70. The largest absolute Gasteiger partial charge is 0.259 e. The first-order valence-electron chi connectivity index (χ1n) is 6.08. The van der Waals surface area contributed by atoms with Crippen LogP contribution in [0.1, 0.15) is 5.69 Å². The molecule has 0 aliphatic heterocycles. The molecule has 0 aliphatic rings. The maximum Gasteiger partial charge on any atom is 0.159 e. The van der Waals surface area contributed by atoms with Crippen molar-refractivity contribution in [2.75, 3.05) is 0 Å². The van der Waals surface area contributed by atoms with Crippen molar-refractivity contribution in [1.29, 1.82) is 0 Å². The number of alkyl halides is 1. The second-order valence-electron chi connectivity index (χ2n) is 4.43. The molecule has 3 aromatic rings. The van der Waals surface area contributed by atoms with E-state index in [1.165, 1.54) is 6.07 Å². The summed E-state index contributed by atoms with van der Waals surface area (Å²) in [6.07, 6.45) is 1.79. The second-order valence-corrected chi connectivity index (χ2v) is 4.99. The highest BCUT2D eigenvalue weighted by Crippen LogP contribution is 2.32. The molecule has 4 heteroatoms. The molecule has 0 amide bonds. The van der Waals surface area contributed by atoms with Gasteiger partial charge < -0.3 is 0 Å². The standard InChI is InChI=1S/C16H10BrF2N/c17-8-15-16(10-5-6-13(18)14(19)7-10)12-4-2-1-3-11(12)9-20-15/h1-7,9H,8H2. The predicted molar refractivity (Wildman–Crippen MR) is 79.7 cm³/mol. The van der Waals surface area contributed by atoms with Gasteiger partial charge in [-0.05, 0) is 23.1 Å². The molecule has 100 valence electrons. The topological polar surface area (TPSA) is 12.9 Å². The van der Waals surface area contributed by atoms with Gasteiger partial charge >= 0.3 is 0 Å². The van der Waals surface area contributed by atoms with Gasteiger partial charge in [0, 0.05) is 22.5 Å². The molecule has 1 nitrogen and oxygen atoms in total. The van der Waals surface area contributed by atoms with E-state index in [-0.39, 0.29) is 0 Å². The van der Waals surface area contributed by atoms with E-state index in [1.54, 1.807) is 12.3 Å². The lowest BCUT2D eigenvalue weighted by atomic mass is 9.98. The highest BCUT2D eigenvalue weighted by molar-refractivity contribution is 9.08. The van der Waals surface area contributed by atoms with Crippen LogP contribution < -0.4 is 0 Å². The Bertz CT molecular complexity index is 787. The molecular weight excluding hydrogens is 324 g/mol. The Balaban J connectivity index is 2.35. The van der Waals surface area contributed by atoms with Crippen molar-refractivity contribution >= 4 is 26.7 Å². The summed E-state index contributed by atoms with van der Waals surface area (Å²) >= 11 is 3.39. The van der Waals surface area contributed by atoms with Gasteiger partial charge in [-0.25, -0.2) is 8.78 Å². The lowest BCUT2D eigenvalue weighted by molar-refractivity contribution is 0.509. The lowest BCUT2D eigenvalue weighted by Gasteiger charge is -2.11. The van der Waals surface area contributed by atoms with Crippen molar-refractivity contribution in [3.8, 4) is 11.1 Å². The van der Waals surface area contributed by atoms with E-state index in [0.717, 1.165) is 28.1 Å². The minimum Gasteiger partial charge on any atom is -0.259 e. The molecule has 0 N–H and O–H groups in total. The van der Waals surface area contributed by atoms with Crippen molar-refractivity contribution in [3.05, 3.63) is 66.0 Å². The summed E-state index contributed by atoms with van der Waals surface area (Å²) in [5, 5.41) is 2.49. The normalized spacial score (nSPS) is 10.9. The number of halogens is 3. The van der Waals surface area contributed by atoms with Crippen LogP contribution in [0.25, 0.3) is 21.9 Å². The molecular formula is C16H10BrF2N. The smallest absolute Gasteiger partial charge is 0.159 e. The predicted octanol–water partition coefficient (Wildman–Crippen LogP) is 5.07. The summed E-state index contributed by atoms with van der Waals surface area (Å²) in [5.41, 5.74) is 2.26. The highest BCUT2D eigenvalue weighted by atomic mass is 79.9. The van der Waals surface area contributed by atoms with Gasteiger partial charge in [-0.3, -0.25) is 4.98 Å². The molecule has 0 fully saturated rings. The fraction of sp³-hybridized carbons (Fsp3) is 0.0625. The molecule has 1 aromatic heterocycles. The number of fused-ring (bicyclic) bond motifs is 1. The van der Waals surface area contributed by atoms with E-state index in [2.05, 4.69) is 20.9 Å². The number of hydrogen-bond donors (Lipinski definition) is 0. The molecule has 0 aliphatic carbocycles. The number of aromatic nitrogens is 1. The van der Waals surface area contributed by atoms with E-state index >= 15 is 0 Å². The molecule has 0 unspecified atom stereocenters. The van der Waals surface area contributed by atoms with Crippen LogP contribution in [0.5, 0.6) is 0 Å². The number of benzene rings is 2. The van der Waals surface area contributed by atoms with Crippen LogP contribution in [0.4, 0.5) is 8.78 Å². The maximum absolute atomic E-state index is 13.5. The lowest BCUT2D eigenvalue weighted by Crippen LogP contribution is -1.94. The van der Waals surface area contributed by atoms with Gasteiger partial charge in [0.15, 0.2) is 11.6 Å². The van der Waals surface area contributed by atoms with Gasteiger partial charge in [0.25, 0.3) is 0 Å². The molecule has 0 saturated carbocycles. The van der Waals surface area contributed by atoms with Crippen LogP contribution >= 0.6 is 15.9 Å². The van der Waals surface area contributed by atoms with Crippen LogP contribution in [0.3, 0.4) is 0 Å². The fourth-order valence-electron chi connectivity index (χ4n) is 2.28. The third kappa shape index (κ3) is 2.20. The van der Waals surface area contributed by atoms with Crippen LogP contribution in [-0.2, 0) is 5.33 Å². The second kappa shape index (κ2) is 5.29. The minimum atomic E-state index is -0.851. The molecule has 0 spiro atoms. The van der Waals surface area contributed by atoms with Gasteiger partial charge in [0.1, 0.15) is 0 Å². The van der Waals surface area contributed by atoms with E-state index in [0.29, 0.717) is 10.9 Å². The molecule has 0 atom stereocenters. The minimum absolute atomic E-state index is 0.548. The van der Waals surface area contributed by atoms with Crippen molar-refractivity contribution in [2.45, 2.75) is 5.33 Å². The summed E-state index contributed by atoms with van der Waals surface area (Å²) in [7, 11) is 0. The van der Waals surface area contributed by atoms with E-state index in [1.807, 2.05) is 24.3 Å². The first-order valence-corrected chi connectivity index (χ1v) is 7.21. The number of nitrogens with zero attached hydrogens (tertiary/aromatic N) is 1. The number of pyridine rings is 1. The van der Waals surface area contributed by atoms with Crippen molar-refractivity contribution in [3.63, 3.8) is 0 Å². The maximum atomic E-state index is 13.5.